The summed E-state index contributed by atoms with van der Waals surface area (Å²) >= 11 is 2.92. The first-order valence-corrected chi connectivity index (χ1v) is 7.33. The van der Waals surface area contributed by atoms with E-state index in [0.717, 1.165) is 20.6 Å². The van der Waals surface area contributed by atoms with Crippen LogP contribution in [0.15, 0.2) is 5.38 Å². The molecule has 0 saturated carbocycles. The molecular weight excluding hydrogens is 284 g/mol. The fourth-order valence-electron chi connectivity index (χ4n) is 1.40. The molecule has 0 aliphatic heterocycles. The highest BCUT2D eigenvalue weighted by molar-refractivity contribution is 7.11. The Morgan fingerprint density at radius 3 is 2.68 bits per heavy atom. The van der Waals surface area contributed by atoms with E-state index in [1.165, 1.54) is 22.7 Å². The number of hydrogen-bond donors (Lipinski definition) is 0. The van der Waals surface area contributed by atoms with E-state index in [4.69, 9.17) is 9.47 Å². The lowest BCUT2D eigenvalue weighted by Crippen LogP contribution is -2.06. The third-order valence-electron chi connectivity index (χ3n) is 2.43. The van der Waals surface area contributed by atoms with Crippen LogP contribution in [0, 0.1) is 13.8 Å². The number of ether oxygens (including phenoxy) is 2. The summed E-state index contributed by atoms with van der Waals surface area (Å²) in [4.78, 5) is 21.4. The van der Waals surface area contributed by atoms with E-state index < -0.39 is 5.97 Å². The summed E-state index contributed by atoms with van der Waals surface area (Å²) in [6, 6.07) is 0. The summed E-state index contributed by atoms with van der Waals surface area (Å²) in [5.74, 6) is -0.427. The van der Waals surface area contributed by atoms with Crippen LogP contribution < -0.4 is 0 Å². The van der Waals surface area contributed by atoms with Gasteiger partial charge >= 0.3 is 5.97 Å². The van der Waals surface area contributed by atoms with Gasteiger partial charge in [-0.2, -0.15) is 0 Å². The maximum Gasteiger partial charge on any atom is 0.358 e. The molecule has 0 saturated heterocycles. The zero-order chi connectivity index (χ0) is 13.8. The van der Waals surface area contributed by atoms with E-state index in [2.05, 4.69) is 9.97 Å². The first-order chi connectivity index (χ1) is 9.10. The van der Waals surface area contributed by atoms with Crippen LogP contribution >= 0.6 is 22.7 Å². The van der Waals surface area contributed by atoms with Gasteiger partial charge in [0.05, 0.1) is 12.3 Å². The van der Waals surface area contributed by atoms with E-state index in [1.807, 2.05) is 13.8 Å². The smallest absolute Gasteiger partial charge is 0.358 e. The largest absolute Gasteiger partial charge is 0.454 e. The normalized spacial score (nSPS) is 10.7. The molecule has 102 valence electrons. The van der Waals surface area contributed by atoms with E-state index in [-0.39, 0.29) is 6.61 Å². The average Bonchev–Trinajstić information content (AvgIpc) is 2.95. The second kappa shape index (κ2) is 6.23. The van der Waals surface area contributed by atoms with Crippen LogP contribution in [-0.4, -0.2) is 23.0 Å². The maximum atomic E-state index is 11.8. The van der Waals surface area contributed by atoms with Gasteiger partial charge in [-0.25, -0.2) is 14.8 Å². The number of rotatable bonds is 5. The molecule has 2 aromatic heterocycles. The second-order valence-electron chi connectivity index (χ2n) is 3.88. The molecule has 2 heterocycles. The Morgan fingerprint density at radius 2 is 2.05 bits per heavy atom. The third-order valence-corrected chi connectivity index (χ3v) is 4.30. The van der Waals surface area contributed by atoms with Crippen LogP contribution in [0.2, 0.25) is 0 Å². The monoisotopic (exact) mass is 298 g/mol. The number of thiazole rings is 2. The average molecular weight is 298 g/mol. The summed E-state index contributed by atoms with van der Waals surface area (Å²) < 4.78 is 10.1. The van der Waals surface area contributed by atoms with E-state index in [0.29, 0.717) is 12.3 Å². The fourth-order valence-corrected chi connectivity index (χ4v) is 2.98. The van der Waals surface area contributed by atoms with Crippen molar-refractivity contribution in [2.45, 2.75) is 27.1 Å². The van der Waals surface area contributed by atoms with Crippen LogP contribution in [0.5, 0.6) is 0 Å². The Hall–Kier alpha value is -1.31. The van der Waals surface area contributed by atoms with Gasteiger partial charge in [-0.05, 0) is 13.8 Å². The molecule has 0 radical (unpaired) electrons. The van der Waals surface area contributed by atoms with Gasteiger partial charge < -0.3 is 9.47 Å². The summed E-state index contributed by atoms with van der Waals surface area (Å²) in [5, 5.41) is 3.24. The third kappa shape index (κ3) is 3.59. The molecule has 0 aliphatic rings. The van der Waals surface area contributed by atoms with Crippen molar-refractivity contribution >= 4 is 28.6 Å². The molecule has 0 atom stereocenters. The van der Waals surface area contributed by atoms with Gasteiger partial charge in [-0.3, -0.25) is 0 Å². The fraction of sp³-hybridized carbons (Fsp3) is 0.417. The number of carbonyl (C=O) groups excluding carboxylic acids is 1. The highest BCUT2D eigenvalue weighted by Gasteiger charge is 2.13. The second-order valence-corrected chi connectivity index (χ2v) is 6.12. The van der Waals surface area contributed by atoms with Crippen molar-refractivity contribution in [2.24, 2.45) is 0 Å². The van der Waals surface area contributed by atoms with Gasteiger partial charge in [0.15, 0.2) is 5.69 Å². The minimum atomic E-state index is -0.427. The number of methoxy groups -OCH3 is 1. The minimum Gasteiger partial charge on any atom is -0.454 e. The highest BCUT2D eigenvalue weighted by Crippen LogP contribution is 2.18. The van der Waals surface area contributed by atoms with Crippen LogP contribution in [0.3, 0.4) is 0 Å². The molecule has 0 fully saturated rings. The van der Waals surface area contributed by atoms with Crippen molar-refractivity contribution in [3.63, 3.8) is 0 Å². The number of esters is 1. The molecule has 2 rings (SSSR count). The summed E-state index contributed by atoms with van der Waals surface area (Å²) in [6.07, 6.45) is 0. The molecule has 0 aliphatic carbocycles. The van der Waals surface area contributed by atoms with Crippen molar-refractivity contribution in [2.75, 3.05) is 7.11 Å². The Bertz CT molecular complexity index is 558. The van der Waals surface area contributed by atoms with Gasteiger partial charge in [0.25, 0.3) is 0 Å². The molecule has 5 nitrogen and oxygen atoms in total. The van der Waals surface area contributed by atoms with Crippen molar-refractivity contribution in [3.05, 3.63) is 31.7 Å². The molecule has 0 bridgehead atoms. The van der Waals surface area contributed by atoms with Crippen molar-refractivity contribution in [1.82, 2.24) is 9.97 Å². The van der Waals surface area contributed by atoms with Crippen LogP contribution in [0.4, 0.5) is 0 Å². The van der Waals surface area contributed by atoms with Crippen LogP contribution in [-0.2, 0) is 22.7 Å². The van der Waals surface area contributed by atoms with Gasteiger partial charge in [0.2, 0.25) is 0 Å². The Morgan fingerprint density at radius 1 is 1.26 bits per heavy atom. The first kappa shape index (κ1) is 14.1. The minimum absolute atomic E-state index is 0.190. The zero-order valence-electron chi connectivity index (χ0n) is 10.9. The van der Waals surface area contributed by atoms with E-state index in [9.17, 15) is 4.79 Å². The molecule has 0 amide bonds. The molecule has 7 heteroatoms. The standard InChI is InChI=1S/C12H14N2O3S2/c1-7-8(2)19-11(13-7)5-17-12(15)9-6-18-10(14-9)4-16-3/h6H,4-5H2,1-3H3. The first-order valence-electron chi connectivity index (χ1n) is 5.63. The number of nitrogens with zero attached hydrogens (tertiary/aromatic N) is 2. The highest BCUT2D eigenvalue weighted by atomic mass is 32.1. The van der Waals surface area contributed by atoms with Gasteiger partial charge in [0, 0.05) is 17.4 Å². The lowest BCUT2D eigenvalue weighted by molar-refractivity contribution is 0.0465. The topological polar surface area (TPSA) is 61.3 Å². The lowest BCUT2D eigenvalue weighted by Gasteiger charge is -1.99. The molecular formula is C12H14N2O3S2. The Kier molecular flexibility index (Phi) is 4.62. The molecule has 2 aromatic rings. The Balaban J connectivity index is 1.93. The lowest BCUT2D eigenvalue weighted by atomic mass is 10.4. The molecule has 0 aromatic carbocycles. The van der Waals surface area contributed by atoms with Crippen LogP contribution in [0.1, 0.15) is 31.1 Å². The maximum absolute atomic E-state index is 11.8. The van der Waals surface area contributed by atoms with Crippen molar-refractivity contribution in [1.29, 1.82) is 0 Å². The van der Waals surface area contributed by atoms with Crippen molar-refractivity contribution in [3.8, 4) is 0 Å². The quantitative estimate of drug-likeness (QED) is 0.794. The molecule has 19 heavy (non-hydrogen) atoms. The van der Waals surface area contributed by atoms with Gasteiger partial charge in [-0.1, -0.05) is 0 Å². The predicted octanol–water partition coefficient (Wildman–Crippen LogP) is 2.72. The predicted molar refractivity (Wildman–Crippen MR) is 73.5 cm³/mol. The zero-order valence-corrected chi connectivity index (χ0v) is 12.6. The van der Waals surface area contributed by atoms with Crippen molar-refractivity contribution < 1.29 is 14.3 Å². The van der Waals surface area contributed by atoms with Gasteiger partial charge in [-0.15, -0.1) is 22.7 Å². The molecule has 0 unspecified atom stereocenters. The number of aromatic nitrogens is 2. The van der Waals surface area contributed by atoms with E-state index >= 15 is 0 Å². The SMILES string of the molecule is COCc1nc(C(=O)OCc2nc(C)c(C)s2)cs1. The molecule has 0 spiro atoms. The van der Waals surface area contributed by atoms with Crippen LogP contribution in [0.25, 0.3) is 0 Å². The number of carbonyl (C=O) groups is 1. The Labute approximate surface area is 119 Å². The number of aryl methyl sites for hydroxylation is 2. The van der Waals surface area contributed by atoms with Gasteiger partial charge in [0.1, 0.15) is 16.6 Å². The summed E-state index contributed by atoms with van der Waals surface area (Å²) in [6.45, 7) is 4.53. The summed E-state index contributed by atoms with van der Waals surface area (Å²) in [7, 11) is 1.59. The number of hydrogen-bond acceptors (Lipinski definition) is 7. The van der Waals surface area contributed by atoms with E-state index in [1.54, 1.807) is 12.5 Å². The summed E-state index contributed by atoms with van der Waals surface area (Å²) in [5.41, 5.74) is 1.30. The molecule has 0 N–H and O–H groups in total.